The zero-order chi connectivity index (χ0) is 26.0. The normalized spacial score (nSPS) is 14.3. The van der Waals surface area contributed by atoms with Crippen molar-refractivity contribution in [3.8, 4) is 23.1 Å². The number of piperazine rings is 1. The van der Waals surface area contributed by atoms with Gasteiger partial charge in [-0.3, -0.25) is 4.79 Å². The molecule has 0 N–H and O–H groups in total. The second-order valence-electron chi connectivity index (χ2n) is 8.60. The van der Waals surface area contributed by atoms with Crippen LogP contribution in [0.4, 0.5) is 0 Å². The van der Waals surface area contributed by atoms with Crippen molar-refractivity contribution in [1.29, 1.82) is 5.26 Å². The van der Waals surface area contributed by atoms with E-state index in [0.717, 1.165) is 16.7 Å². The average Bonchev–Trinajstić information content (AvgIpc) is 2.96. The molecule has 0 radical (unpaired) electrons. The number of ether oxygens (including phenoxy) is 1. The molecule has 1 fully saturated rings. The SMILES string of the molecule is COc1ccc(-c2cc(C(=O)N3CCN(S(=O)(=O)c4ccccc4C#N)CC3)c3ccccc3n2)cc1. The van der Waals surface area contributed by atoms with Crippen molar-refractivity contribution in [3.05, 3.63) is 90.0 Å². The van der Waals surface area contributed by atoms with Crippen LogP contribution in [0.5, 0.6) is 5.75 Å². The summed E-state index contributed by atoms with van der Waals surface area (Å²) in [5.41, 5.74) is 2.85. The number of carbonyl (C=O) groups excluding carboxylic acids is 1. The fourth-order valence-corrected chi connectivity index (χ4v) is 6.05. The van der Waals surface area contributed by atoms with E-state index in [1.54, 1.807) is 30.2 Å². The maximum Gasteiger partial charge on any atom is 0.254 e. The lowest BCUT2D eigenvalue weighted by atomic mass is 10.0. The maximum absolute atomic E-state index is 13.7. The summed E-state index contributed by atoms with van der Waals surface area (Å²) in [5, 5.41) is 10.1. The Hall–Kier alpha value is -4.26. The minimum absolute atomic E-state index is 0.0125. The van der Waals surface area contributed by atoms with Gasteiger partial charge in [0.25, 0.3) is 5.91 Å². The van der Waals surface area contributed by atoms with Crippen LogP contribution in [0.2, 0.25) is 0 Å². The van der Waals surface area contributed by atoms with Gasteiger partial charge in [0.2, 0.25) is 10.0 Å². The van der Waals surface area contributed by atoms with E-state index in [0.29, 0.717) is 16.8 Å². The molecule has 0 atom stereocenters. The molecule has 1 aliphatic rings. The van der Waals surface area contributed by atoms with Crippen LogP contribution in [0.1, 0.15) is 15.9 Å². The Labute approximate surface area is 215 Å². The minimum Gasteiger partial charge on any atom is -0.497 e. The Bertz CT molecular complexity index is 1620. The molecule has 0 aliphatic carbocycles. The lowest BCUT2D eigenvalue weighted by Crippen LogP contribution is -2.50. The zero-order valence-corrected chi connectivity index (χ0v) is 21.0. The molecule has 3 aromatic carbocycles. The first-order chi connectivity index (χ1) is 17.9. The number of pyridine rings is 1. The van der Waals surface area contributed by atoms with Gasteiger partial charge in [0.05, 0.1) is 34.3 Å². The molecular formula is C28H24N4O4S. The molecule has 1 aromatic heterocycles. The molecule has 37 heavy (non-hydrogen) atoms. The first-order valence-electron chi connectivity index (χ1n) is 11.7. The van der Waals surface area contributed by atoms with E-state index in [9.17, 15) is 18.5 Å². The number of nitrogens with zero attached hydrogens (tertiary/aromatic N) is 4. The Kier molecular flexibility index (Phi) is 6.61. The van der Waals surface area contributed by atoms with Crippen LogP contribution in [0.25, 0.3) is 22.2 Å². The number of carbonyl (C=O) groups is 1. The summed E-state index contributed by atoms with van der Waals surface area (Å²) in [6, 6.07) is 24.9. The highest BCUT2D eigenvalue weighted by Gasteiger charge is 2.32. The molecule has 0 unspecified atom stereocenters. The molecule has 2 heterocycles. The number of hydrogen-bond donors (Lipinski definition) is 0. The third-order valence-electron chi connectivity index (χ3n) is 6.48. The van der Waals surface area contributed by atoms with Crippen molar-refractivity contribution >= 4 is 26.8 Å². The summed E-state index contributed by atoms with van der Waals surface area (Å²) >= 11 is 0. The molecule has 8 nitrogen and oxygen atoms in total. The van der Waals surface area contributed by atoms with E-state index >= 15 is 0 Å². The number of methoxy groups -OCH3 is 1. The van der Waals surface area contributed by atoms with Gasteiger partial charge in [0, 0.05) is 37.1 Å². The van der Waals surface area contributed by atoms with Crippen molar-refractivity contribution in [1.82, 2.24) is 14.2 Å². The van der Waals surface area contributed by atoms with Gasteiger partial charge >= 0.3 is 0 Å². The maximum atomic E-state index is 13.7. The Morgan fingerprint density at radius 1 is 0.946 bits per heavy atom. The number of aromatic nitrogens is 1. The van der Waals surface area contributed by atoms with Crippen LogP contribution in [-0.4, -0.2) is 61.8 Å². The molecule has 0 saturated carbocycles. The van der Waals surface area contributed by atoms with Gasteiger partial charge in [-0.05, 0) is 48.5 Å². The molecule has 1 amide bonds. The van der Waals surface area contributed by atoms with Crippen LogP contribution >= 0.6 is 0 Å². The monoisotopic (exact) mass is 512 g/mol. The molecule has 1 saturated heterocycles. The van der Waals surface area contributed by atoms with Gasteiger partial charge in [-0.25, -0.2) is 13.4 Å². The second-order valence-corrected chi connectivity index (χ2v) is 10.5. The van der Waals surface area contributed by atoms with E-state index < -0.39 is 10.0 Å². The molecular weight excluding hydrogens is 488 g/mol. The van der Waals surface area contributed by atoms with Crippen LogP contribution in [0.3, 0.4) is 0 Å². The Balaban J connectivity index is 1.42. The highest BCUT2D eigenvalue weighted by Crippen LogP contribution is 2.28. The van der Waals surface area contributed by atoms with E-state index in [2.05, 4.69) is 0 Å². The van der Waals surface area contributed by atoms with Gasteiger partial charge < -0.3 is 9.64 Å². The van der Waals surface area contributed by atoms with Gasteiger partial charge in [-0.2, -0.15) is 9.57 Å². The molecule has 4 aromatic rings. The zero-order valence-electron chi connectivity index (χ0n) is 20.2. The highest BCUT2D eigenvalue weighted by molar-refractivity contribution is 7.89. The van der Waals surface area contributed by atoms with E-state index in [1.165, 1.54) is 16.4 Å². The third-order valence-corrected chi connectivity index (χ3v) is 8.44. The van der Waals surface area contributed by atoms with Crippen LogP contribution in [0, 0.1) is 11.3 Å². The third kappa shape index (κ3) is 4.65. The fourth-order valence-electron chi connectivity index (χ4n) is 4.49. The summed E-state index contributed by atoms with van der Waals surface area (Å²) in [7, 11) is -2.24. The van der Waals surface area contributed by atoms with Crippen LogP contribution in [-0.2, 0) is 10.0 Å². The number of amides is 1. The summed E-state index contributed by atoms with van der Waals surface area (Å²) < 4.78 is 33.0. The summed E-state index contributed by atoms with van der Waals surface area (Å²) in [5.74, 6) is 0.550. The molecule has 0 spiro atoms. The van der Waals surface area contributed by atoms with Gasteiger partial charge in [0.1, 0.15) is 11.8 Å². The van der Waals surface area contributed by atoms with Crippen molar-refractivity contribution < 1.29 is 17.9 Å². The summed E-state index contributed by atoms with van der Waals surface area (Å²) in [6.07, 6.45) is 0. The first-order valence-corrected chi connectivity index (χ1v) is 13.2. The van der Waals surface area contributed by atoms with Crippen LogP contribution < -0.4 is 4.74 Å². The predicted molar refractivity (Wildman–Crippen MR) is 140 cm³/mol. The highest BCUT2D eigenvalue weighted by atomic mass is 32.2. The second kappa shape index (κ2) is 10.0. The fraction of sp³-hybridized carbons (Fsp3) is 0.179. The lowest BCUT2D eigenvalue weighted by Gasteiger charge is -2.34. The van der Waals surface area contributed by atoms with Gasteiger partial charge in [-0.15, -0.1) is 0 Å². The number of fused-ring (bicyclic) bond motifs is 1. The molecule has 0 bridgehead atoms. The van der Waals surface area contributed by atoms with Gasteiger partial charge in [-0.1, -0.05) is 30.3 Å². The Morgan fingerprint density at radius 2 is 1.62 bits per heavy atom. The number of nitriles is 1. The molecule has 186 valence electrons. The first kappa shape index (κ1) is 24.4. The summed E-state index contributed by atoms with van der Waals surface area (Å²) in [4.78, 5) is 20.1. The predicted octanol–water partition coefficient (Wildman–Crippen LogP) is 3.93. The standard InChI is InChI=1S/C28H24N4O4S/c1-36-22-12-10-20(11-13-22)26-18-24(23-7-3-4-8-25(23)30-26)28(33)31-14-16-32(17-15-31)37(34,35)27-9-5-2-6-21(27)19-29/h2-13,18H,14-17H2,1H3. The van der Waals surface area contributed by atoms with Crippen LogP contribution in [0.15, 0.2) is 83.8 Å². The molecule has 1 aliphatic heterocycles. The smallest absolute Gasteiger partial charge is 0.254 e. The average molecular weight is 513 g/mol. The number of benzene rings is 3. The number of hydrogen-bond acceptors (Lipinski definition) is 6. The summed E-state index contributed by atoms with van der Waals surface area (Å²) in [6.45, 7) is 0.757. The van der Waals surface area contributed by atoms with Gasteiger partial charge in [0.15, 0.2) is 0 Å². The molecule has 9 heteroatoms. The molecule has 5 rings (SSSR count). The number of rotatable bonds is 5. The number of sulfonamides is 1. The van der Waals surface area contributed by atoms with Crippen molar-refractivity contribution in [2.75, 3.05) is 33.3 Å². The number of para-hydroxylation sites is 1. The van der Waals surface area contributed by atoms with E-state index in [4.69, 9.17) is 9.72 Å². The topological polar surface area (TPSA) is 104 Å². The largest absolute Gasteiger partial charge is 0.497 e. The van der Waals surface area contributed by atoms with Crippen molar-refractivity contribution in [2.24, 2.45) is 0 Å². The minimum atomic E-state index is -3.85. The van der Waals surface area contributed by atoms with Crippen molar-refractivity contribution in [3.63, 3.8) is 0 Å². The van der Waals surface area contributed by atoms with E-state index in [1.807, 2.05) is 54.6 Å². The quantitative estimate of drug-likeness (QED) is 0.401. The van der Waals surface area contributed by atoms with Crippen molar-refractivity contribution in [2.45, 2.75) is 4.90 Å². The Morgan fingerprint density at radius 3 is 2.32 bits per heavy atom. The lowest BCUT2D eigenvalue weighted by molar-refractivity contribution is 0.0700. The van der Waals surface area contributed by atoms with E-state index in [-0.39, 0.29) is 42.5 Å².